The summed E-state index contributed by atoms with van der Waals surface area (Å²) in [4.78, 5) is 0. The second-order valence-corrected chi connectivity index (χ2v) is 3.25. The predicted octanol–water partition coefficient (Wildman–Crippen LogP) is 1.80. The third-order valence-electron chi connectivity index (χ3n) is 2.48. The van der Waals surface area contributed by atoms with E-state index in [2.05, 4.69) is 0 Å². The van der Waals surface area contributed by atoms with Gasteiger partial charge in [-0.25, -0.2) is 0 Å². The number of rotatable bonds is 2. The molecule has 0 spiro atoms. The van der Waals surface area contributed by atoms with Crippen LogP contribution in [0.15, 0.2) is 0 Å². The Morgan fingerprint density at radius 3 is 1.25 bits per heavy atom. The molecule has 2 heteroatoms. The second kappa shape index (κ2) is 7.56. The third-order valence-corrected chi connectivity index (χ3v) is 2.48. The van der Waals surface area contributed by atoms with Crippen molar-refractivity contribution in [1.82, 2.24) is 0 Å². The van der Waals surface area contributed by atoms with Gasteiger partial charge in [0.2, 0.25) is 0 Å². The van der Waals surface area contributed by atoms with Crippen LogP contribution >= 0.6 is 0 Å². The third kappa shape index (κ3) is 4.07. The molecular weight excluding hydrogens is 152 g/mol. The summed E-state index contributed by atoms with van der Waals surface area (Å²) in [5, 5.41) is 17.6. The maximum atomic E-state index is 8.79. The summed E-state index contributed by atoms with van der Waals surface area (Å²) < 4.78 is 0. The molecule has 1 saturated carbocycles. The van der Waals surface area contributed by atoms with Crippen LogP contribution < -0.4 is 0 Å². The van der Waals surface area contributed by atoms with Crippen LogP contribution in [-0.4, -0.2) is 23.4 Å². The monoisotopic (exact) mass is 174 g/mol. The zero-order chi connectivity index (χ0) is 9.40. The molecular formula is C10H22O2. The molecule has 1 rings (SSSR count). The minimum Gasteiger partial charge on any atom is -0.396 e. The van der Waals surface area contributed by atoms with Crippen molar-refractivity contribution in [2.75, 3.05) is 13.2 Å². The lowest BCUT2D eigenvalue weighted by Gasteiger charge is -2.25. The van der Waals surface area contributed by atoms with E-state index in [-0.39, 0.29) is 0 Å². The van der Waals surface area contributed by atoms with Crippen molar-refractivity contribution in [3.05, 3.63) is 0 Å². The predicted molar refractivity (Wildman–Crippen MR) is 51.0 cm³/mol. The van der Waals surface area contributed by atoms with Crippen molar-refractivity contribution >= 4 is 0 Å². The van der Waals surface area contributed by atoms with Crippen LogP contribution in [0.25, 0.3) is 0 Å². The fraction of sp³-hybridized carbons (Fsp3) is 1.00. The van der Waals surface area contributed by atoms with Crippen LogP contribution in [0, 0.1) is 11.8 Å². The molecule has 0 saturated heterocycles. The van der Waals surface area contributed by atoms with Gasteiger partial charge in [0.05, 0.1) is 0 Å². The van der Waals surface area contributed by atoms with Gasteiger partial charge in [0, 0.05) is 13.2 Å². The van der Waals surface area contributed by atoms with E-state index in [0.717, 1.165) is 25.7 Å². The molecule has 1 aliphatic rings. The summed E-state index contributed by atoms with van der Waals surface area (Å²) in [7, 11) is 0. The van der Waals surface area contributed by atoms with E-state index in [9.17, 15) is 0 Å². The maximum Gasteiger partial charge on any atom is 0.0459 e. The molecule has 1 aliphatic carbocycles. The van der Waals surface area contributed by atoms with Crippen molar-refractivity contribution in [2.45, 2.75) is 39.5 Å². The molecule has 0 aromatic heterocycles. The fourth-order valence-corrected chi connectivity index (χ4v) is 1.60. The summed E-state index contributed by atoms with van der Waals surface area (Å²) in [6.07, 6.45) is 4.40. The first-order valence-corrected chi connectivity index (χ1v) is 5.08. The van der Waals surface area contributed by atoms with Crippen molar-refractivity contribution in [3.8, 4) is 0 Å². The molecule has 0 atom stereocenters. The van der Waals surface area contributed by atoms with E-state index in [4.69, 9.17) is 10.2 Å². The summed E-state index contributed by atoms with van der Waals surface area (Å²) in [5.41, 5.74) is 0. The van der Waals surface area contributed by atoms with Crippen LogP contribution in [-0.2, 0) is 0 Å². The Hall–Kier alpha value is -0.0800. The molecule has 0 bridgehead atoms. The highest BCUT2D eigenvalue weighted by molar-refractivity contribution is 4.70. The highest BCUT2D eigenvalue weighted by Gasteiger charge is 2.19. The molecule has 12 heavy (non-hydrogen) atoms. The standard InChI is InChI=1S/C8H16O2.C2H6/c9-5-7-1-2-8(6-10)4-3-7;1-2/h7-10H,1-6H2;1-2H3. The zero-order valence-corrected chi connectivity index (χ0v) is 8.29. The van der Waals surface area contributed by atoms with Crippen molar-refractivity contribution < 1.29 is 10.2 Å². The van der Waals surface area contributed by atoms with Gasteiger partial charge < -0.3 is 10.2 Å². The molecule has 0 aliphatic heterocycles. The van der Waals surface area contributed by atoms with E-state index in [1.807, 2.05) is 13.8 Å². The summed E-state index contributed by atoms with van der Waals surface area (Å²) >= 11 is 0. The normalized spacial score (nSPS) is 29.0. The summed E-state index contributed by atoms with van der Waals surface area (Å²) in [5.74, 6) is 1.03. The van der Waals surface area contributed by atoms with E-state index in [0.29, 0.717) is 25.0 Å². The number of aliphatic hydroxyl groups excluding tert-OH is 2. The molecule has 0 unspecified atom stereocenters. The van der Waals surface area contributed by atoms with Gasteiger partial charge in [-0.2, -0.15) is 0 Å². The molecule has 74 valence electrons. The summed E-state index contributed by atoms with van der Waals surface area (Å²) in [6, 6.07) is 0. The highest BCUT2D eigenvalue weighted by Crippen LogP contribution is 2.27. The number of aliphatic hydroxyl groups is 2. The first kappa shape index (κ1) is 11.9. The average Bonchev–Trinajstić information content (AvgIpc) is 2.21. The summed E-state index contributed by atoms with van der Waals surface area (Å²) in [6.45, 7) is 4.66. The Kier molecular flexibility index (Phi) is 7.51. The van der Waals surface area contributed by atoms with Crippen LogP contribution in [0.1, 0.15) is 39.5 Å². The molecule has 0 aromatic carbocycles. The Morgan fingerprint density at radius 1 is 0.833 bits per heavy atom. The maximum absolute atomic E-state index is 8.79. The number of hydrogen-bond donors (Lipinski definition) is 2. The van der Waals surface area contributed by atoms with Gasteiger partial charge in [0.25, 0.3) is 0 Å². The van der Waals surface area contributed by atoms with Gasteiger partial charge in [-0.3, -0.25) is 0 Å². The second-order valence-electron chi connectivity index (χ2n) is 3.25. The average molecular weight is 174 g/mol. The van der Waals surface area contributed by atoms with Gasteiger partial charge in [-0.05, 0) is 37.5 Å². The topological polar surface area (TPSA) is 40.5 Å². The fourth-order valence-electron chi connectivity index (χ4n) is 1.60. The van der Waals surface area contributed by atoms with Crippen molar-refractivity contribution in [3.63, 3.8) is 0 Å². The first-order valence-electron chi connectivity index (χ1n) is 5.08. The van der Waals surface area contributed by atoms with Gasteiger partial charge in [0.1, 0.15) is 0 Å². The van der Waals surface area contributed by atoms with E-state index in [1.165, 1.54) is 0 Å². The highest BCUT2D eigenvalue weighted by atomic mass is 16.3. The minimum absolute atomic E-state index is 0.331. The number of hydrogen-bond acceptors (Lipinski definition) is 2. The Bertz CT molecular complexity index is 73.8. The minimum atomic E-state index is 0.331. The smallest absolute Gasteiger partial charge is 0.0459 e. The van der Waals surface area contributed by atoms with E-state index < -0.39 is 0 Å². The van der Waals surface area contributed by atoms with Gasteiger partial charge in [-0.15, -0.1) is 0 Å². The van der Waals surface area contributed by atoms with E-state index >= 15 is 0 Å². The van der Waals surface area contributed by atoms with Crippen LogP contribution in [0.3, 0.4) is 0 Å². The van der Waals surface area contributed by atoms with Crippen LogP contribution in [0.5, 0.6) is 0 Å². The molecule has 0 aromatic rings. The lowest BCUT2D eigenvalue weighted by Crippen LogP contribution is -2.19. The lowest BCUT2D eigenvalue weighted by molar-refractivity contribution is 0.131. The Labute approximate surface area is 75.6 Å². The Balaban J connectivity index is 0.000000561. The molecule has 1 fully saturated rings. The Morgan fingerprint density at radius 2 is 1.08 bits per heavy atom. The SMILES string of the molecule is CC.OCC1CCC(CO)CC1. The zero-order valence-electron chi connectivity index (χ0n) is 8.29. The van der Waals surface area contributed by atoms with Crippen LogP contribution in [0.2, 0.25) is 0 Å². The largest absolute Gasteiger partial charge is 0.396 e. The molecule has 2 N–H and O–H groups in total. The van der Waals surface area contributed by atoms with Gasteiger partial charge in [-0.1, -0.05) is 13.8 Å². The van der Waals surface area contributed by atoms with Gasteiger partial charge >= 0.3 is 0 Å². The van der Waals surface area contributed by atoms with E-state index in [1.54, 1.807) is 0 Å². The quantitative estimate of drug-likeness (QED) is 0.670. The first-order chi connectivity index (χ1) is 5.86. The molecule has 2 nitrogen and oxygen atoms in total. The molecule has 0 radical (unpaired) electrons. The van der Waals surface area contributed by atoms with Gasteiger partial charge in [0.15, 0.2) is 0 Å². The molecule has 0 heterocycles. The van der Waals surface area contributed by atoms with Crippen molar-refractivity contribution in [1.29, 1.82) is 0 Å². The van der Waals surface area contributed by atoms with Crippen molar-refractivity contribution in [2.24, 2.45) is 11.8 Å². The lowest BCUT2D eigenvalue weighted by atomic mass is 9.83. The van der Waals surface area contributed by atoms with Crippen LogP contribution in [0.4, 0.5) is 0 Å². The molecule has 0 amide bonds.